The second kappa shape index (κ2) is 10.6. The summed E-state index contributed by atoms with van der Waals surface area (Å²) >= 11 is 1.41. The zero-order valence-corrected chi connectivity index (χ0v) is 14.8. The van der Waals surface area contributed by atoms with E-state index in [4.69, 9.17) is 5.73 Å². The van der Waals surface area contributed by atoms with E-state index in [-0.39, 0.29) is 30.7 Å². The second-order valence-corrected chi connectivity index (χ2v) is 5.40. The lowest BCUT2D eigenvalue weighted by atomic mass is 10.3. The van der Waals surface area contributed by atoms with Gasteiger partial charge in [-0.2, -0.15) is 0 Å². The third-order valence-corrected chi connectivity index (χ3v) is 3.87. The fourth-order valence-electron chi connectivity index (χ4n) is 1.85. The molecule has 2 heterocycles. The number of unbranched alkanes of at least 4 members (excludes halogenated alkanes) is 1. The number of imidazole rings is 1. The minimum Gasteiger partial charge on any atom is -0.351 e. The second-order valence-electron chi connectivity index (χ2n) is 4.46. The lowest BCUT2D eigenvalue weighted by Crippen LogP contribution is -2.25. The van der Waals surface area contributed by atoms with E-state index in [1.165, 1.54) is 11.3 Å². The number of nitrogens with one attached hydrogen (secondary N) is 1. The van der Waals surface area contributed by atoms with Gasteiger partial charge in [-0.05, 0) is 19.8 Å². The largest absolute Gasteiger partial charge is 0.351 e. The Morgan fingerprint density at radius 1 is 1.41 bits per heavy atom. The number of amides is 1. The van der Waals surface area contributed by atoms with Crippen LogP contribution in [0.25, 0.3) is 0 Å². The summed E-state index contributed by atoms with van der Waals surface area (Å²) in [7, 11) is 0. The molecule has 124 valence electrons. The Bertz CT molecular complexity index is 572. The Morgan fingerprint density at radius 3 is 2.77 bits per heavy atom. The van der Waals surface area contributed by atoms with E-state index in [0.29, 0.717) is 18.8 Å². The van der Waals surface area contributed by atoms with Crippen molar-refractivity contribution < 1.29 is 4.79 Å². The first-order valence-corrected chi connectivity index (χ1v) is 7.49. The predicted octanol–water partition coefficient (Wildman–Crippen LogP) is 2.16. The molecule has 0 spiro atoms. The van der Waals surface area contributed by atoms with Crippen LogP contribution in [0.1, 0.15) is 34.2 Å². The number of nitrogens with zero attached hydrogens (tertiary/aromatic N) is 3. The molecule has 0 aliphatic heterocycles. The molecule has 2 aromatic heterocycles. The van der Waals surface area contributed by atoms with Gasteiger partial charge in [0.1, 0.15) is 16.5 Å². The lowest BCUT2D eigenvalue weighted by molar-refractivity contribution is 0.0948. The van der Waals surface area contributed by atoms with Crippen LogP contribution >= 0.6 is 36.2 Å². The highest BCUT2D eigenvalue weighted by Gasteiger charge is 2.09. The zero-order valence-electron chi connectivity index (χ0n) is 12.3. The minimum atomic E-state index is -0.125. The molecule has 0 unspecified atom stereocenters. The number of hydrogen-bond donors (Lipinski definition) is 2. The summed E-state index contributed by atoms with van der Waals surface area (Å²) < 4.78 is 2.11. The molecule has 2 rings (SSSR count). The maximum Gasteiger partial charge on any atom is 0.270 e. The number of rotatable bonds is 7. The molecule has 0 bridgehead atoms. The van der Waals surface area contributed by atoms with Crippen molar-refractivity contribution in [3.05, 3.63) is 34.3 Å². The van der Waals surface area contributed by atoms with Crippen LogP contribution in [-0.2, 0) is 13.1 Å². The van der Waals surface area contributed by atoms with E-state index in [2.05, 4.69) is 19.9 Å². The smallest absolute Gasteiger partial charge is 0.270 e. The van der Waals surface area contributed by atoms with Gasteiger partial charge in [-0.25, -0.2) is 9.97 Å². The fourth-order valence-corrected chi connectivity index (χ4v) is 2.50. The maximum absolute atomic E-state index is 11.8. The van der Waals surface area contributed by atoms with Gasteiger partial charge in [-0.15, -0.1) is 36.2 Å². The van der Waals surface area contributed by atoms with Crippen LogP contribution in [0.3, 0.4) is 0 Å². The SMILES string of the molecule is Cc1nccn1CCCCNC(=O)c1csc(CN)n1.Cl.Cl. The van der Waals surface area contributed by atoms with Crippen LogP contribution in [0.5, 0.6) is 0 Å². The molecule has 0 aliphatic rings. The van der Waals surface area contributed by atoms with Gasteiger partial charge in [0.2, 0.25) is 0 Å². The quantitative estimate of drug-likeness (QED) is 0.736. The summed E-state index contributed by atoms with van der Waals surface area (Å²) in [5.74, 6) is 0.894. The van der Waals surface area contributed by atoms with Crippen molar-refractivity contribution in [1.82, 2.24) is 19.9 Å². The van der Waals surface area contributed by atoms with Crippen LogP contribution in [0.4, 0.5) is 0 Å². The molecule has 0 atom stereocenters. The van der Waals surface area contributed by atoms with Crippen LogP contribution in [0.2, 0.25) is 0 Å². The molecule has 3 N–H and O–H groups in total. The number of thiazole rings is 1. The Hall–Kier alpha value is -1.15. The van der Waals surface area contributed by atoms with E-state index in [0.717, 1.165) is 30.2 Å². The van der Waals surface area contributed by atoms with Crippen molar-refractivity contribution in [1.29, 1.82) is 0 Å². The number of nitrogens with two attached hydrogens (primary N) is 1. The van der Waals surface area contributed by atoms with E-state index in [1.54, 1.807) is 11.6 Å². The normalized spacial score (nSPS) is 9.73. The van der Waals surface area contributed by atoms with Crippen LogP contribution < -0.4 is 11.1 Å². The van der Waals surface area contributed by atoms with Crippen molar-refractivity contribution in [2.45, 2.75) is 32.9 Å². The molecule has 0 saturated heterocycles. The molecular formula is C13H21Cl2N5OS. The number of halogens is 2. The molecule has 1 amide bonds. The van der Waals surface area contributed by atoms with Gasteiger partial charge in [0.05, 0.1) is 0 Å². The Morgan fingerprint density at radius 2 is 2.18 bits per heavy atom. The van der Waals surface area contributed by atoms with E-state index in [9.17, 15) is 4.79 Å². The van der Waals surface area contributed by atoms with Gasteiger partial charge in [0, 0.05) is 37.4 Å². The number of hydrogen-bond acceptors (Lipinski definition) is 5. The third kappa shape index (κ3) is 5.92. The van der Waals surface area contributed by atoms with Gasteiger partial charge in [0.25, 0.3) is 5.91 Å². The summed E-state index contributed by atoms with van der Waals surface area (Å²) in [4.78, 5) is 20.1. The molecule has 22 heavy (non-hydrogen) atoms. The molecule has 0 fully saturated rings. The summed E-state index contributed by atoms with van der Waals surface area (Å²) in [6, 6.07) is 0. The lowest BCUT2D eigenvalue weighted by Gasteiger charge is -2.05. The van der Waals surface area contributed by atoms with Gasteiger partial charge < -0.3 is 15.6 Å². The van der Waals surface area contributed by atoms with Crippen molar-refractivity contribution >= 4 is 42.1 Å². The number of aromatic nitrogens is 3. The Labute approximate surface area is 146 Å². The monoisotopic (exact) mass is 365 g/mol. The van der Waals surface area contributed by atoms with Crippen LogP contribution in [0, 0.1) is 6.92 Å². The average Bonchev–Trinajstić information content (AvgIpc) is 3.07. The predicted molar refractivity (Wildman–Crippen MR) is 93.0 cm³/mol. The molecule has 9 heteroatoms. The van der Waals surface area contributed by atoms with Gasteiger partial charge in [0.15, 0.2) is 0 Å². The summed E-state index contributed by atoms with van der Waals surface area (Å²) in [5, 5.41) is 5.40. The molecule has 0 radical (unpaired) electrons. The number of carbonyl (C=O) groups is 1. The van der Waals surface area contributed by atoms with E-state index in [1.807, 2.05) is 13.1 Å². The summed E-state index contributed by atoms with van der Waals surface area (Å²) in [6.07, 6.45) is 5.70. The summed E-state index contributed by atoms with van der Waals surface area (Å²) in [6.45, 7) is 3.94. The molecule has 6 nitrogen and oxygen atoms in total. The fraction of sp³-hybridized carbons (Fsp3) is 0.462. The average molecular weight is 366 g/mol. The van der Waals surface area contributed by atoms with Gasteiger partial charge >= 0.3 is 0 Å². The molecular weight excluding hydrogens is 345 g/mol. The Kier molecular flexibility index (Phi) is 10.0. The topological polar surface area (TPSA) is 85.8 Å². The van der Waals surface area contributed by atoms with Crippen LogP contribution in [-0.4, -0.2) is 27.0 Å². The highest BCUT2D eigenvalue weighted by atomic mass is 35.5. The van der Waals surface area contributed by atoms with E-state index >= 15 is 0 Å². The first-order chi connectivity index (χ1) is 9.70. The number of aryl methyl sites for hydroxylation is 2. The van der Waals surface area contributed by atoms with E-state index < -0.39 is 0 Å². The number of carbonyl (C=O) groups excluding carboxylic acids is 1. The standard InChI is InChI=1S/C13H19N5OS.2ClH/c1-10-15-5-7-18(10)6-3-2-4-16-13(19)11-9-20-12(8-14)17-11;;/h5,7,9H,2-4,6,8,14H2,1H3,(H,16,19);2*1H. The zero-order chi connectivity index (χ0) is 14.4. The highest BCUT2D eigenvalue weighted by molar-refractivity contribution is 7.09. The van der Waals surface area contributed by atoms with Gasteiger partial charge in [-0.1, -0.05) is 0 Å². The van der Waals surface area contributed by atoms with Crippen molar-refractivity contribution in [3.63, 3.8) is 0 Å². The highest BCUT2D eigenvalue weighted by Crippen LogP contribution is 2.08. The van der Waals surface area contributed by atoms with Crippen molar-refractivity contribution in [2.75, 3.05) is 6.54 Å². The first-order valence-electron chi connectivity index (χ1n) is 6.61. The van der Waals surface area contributed by atoms with Crippen molar-refractivity contribution in [3.8, 4) is 0 Å². The minimum absolute atomic E-state index is 0. The molecule has 0 saturated carbocycles. The van der Waals surface area contributed by atoms with Crippen molar-refractivity contribution in [2.24, 2.45) is 5.73 Å². The van der Waals surface area contributed by atoms with Crippen LogP contribution in [0.15, 0.2) is 17.8 Å². The maximum atomic E-state index is 11.8. The Balaban J connectivity index is 0.00000220. The molecule has 0 aliphatic carbocycles. The molecule has 0 aromatic carbocycles. The molecule has 2 aromatic rings. The van der Waals surface area contributed by atoms with Gasteiger partial charge in [-0.3, -0.25) is 4.79 Å². The first kappa shape index (κ1) is 20.9. The third-order valence-electron chi connectivity index (χ3n) is 2.99. The summed E-state index contributed by atoms with van der Waals surface area (Å²) in [5.41, 5.74) is 5.93.